The van der Waals surface area contributed by atoms with Gasteiger partial charge in [0.15, 0.2) is 11.5 Å². The van der Waals surface area contributed by atoms with Crippen LogP contribution in [0.25, 0.3) is 0 Å². The van der Waals surface area contributed by atoms with Gasteiger partial charge < -0.3 is 19.5 Å². The number of carbonyl (C=O) groups excluding carboxylic acids is 2. The van der Waals surface area contributed by atoms with E-state index in [1.165, 1.54) is 12.1 Å². The van der Waals surface area contributed by atoms with Gasteiger partial charge in [0.25, 0.3) is 5.91 Å². The molecule has 0 fully saturated rings. The fourth-order valence-corrected chi connectivity index (χ4v) is 3.41. The zero-order valence-corrected chi connectivity index (χ0v) is 18.2. The van der Waals surface area contributed by atoms with Crippen molar-refractivity contribution in [2.24, 2.45) is 0 Å². The molecule has 176 valence electrons. The first-order valence-corrected chi connectivity index (χ1v) is 10.4. The highest BCUT2D eigenvalue weighted by Gasteiger charge is 2.32. The summed E-state index contributed by atoms with van der Waals surface area (Å²) in [5.41, 5.74) is -0.835. The number of hydrogen-bond donors (Lipinski definition) is 1. The average Bonchev–Trinajstić information content (AvgIpc) is 2.83. The molecule has 0 saturated heterocycles. The lowest BCUT2D eigenvalue weighted by Crippen LogP contribution is -2.26. The third kappa shape index (κ3) is 5.26. The first kappa shape index (κ1) is 23.4. The number of nitrogens with one attached hydrogen (secondary N) is 1. The number of alkyl halides is 3. The van der Waals surface area contributed by atoms with E-state index in [-0.39, 0.29) is 16.3 Å². The van der Waals surface area contributed by atoms with Crippen molar-refractivity contribution in [1.82, 2.24) is 0 Å². The van der Waals surface area contributed by atoms with E-state index < -0.39 is 29.7 Å². The van der Waals surface area contributed by atoms with Gasteiger partial charge >= 0.3 is 12.1 Å². The highest BCUT2D eigenvalue weighted by atomic mass is 35.5. The van der Waals surface area contributed by atoms with Gasteiger partial charge in [0.2, 0.25) is 6.10 Å². The molecule has 1 aliphatic rings. The summed E-state index contributed by atoms with van der Waals surface area (Å²) in [6, 6.07) is 15.0. The first-order chi connectivity index (χ1) is 16.2. The van der Waals surface area contributed by atoms with E-state index in [0.717, 1.165) is 12.1 Å². The summed E-state index contributed by atoms with van der Waals surface area (Å²) in [5.74, 6) is -0.883. The van der Waals surface area contributed by atoms with Gasteiger partial charge in [-0.15, -0.1) is 0 Å². The average molecular weight is 492 g/mol. The minimum Gasteiger partial charge on any atom is -0.486 e. The molecule has 1 aliphatic heterocycles. The number of halogens is 4. The second-order valence-corrected chi connectivity index (χ2v) is 7.64. The van der Waals surface area contributed by atoms with Crippen LogP contribution in [0.2, 0.25) is 5.02 Å². The largest absolute Gasteiger partial charge is 0.486 e. The number of amides is 1. The van der Waals surface area contributed by atoms with Gasteiger partial charge in [-0.3, -0.25) is 4.79 Å². The molecule has 34 heavy (non-hydrogen) atoms. The topological polar surface area (TPSA) is 73.9 Å². The molecule has 6 nitrogen and oxygen atoms in total. The van der Waals surface area contributed by atoms with Crippen LogP contribution in [0, 0.1) is 0 Å². The maximum absolute atomic E-state index is 13.1. The maximum Gasteiger partial charge on any atom is 0.416 e. The van der Waals surface area contributed by atoms with Crippen LogP contribution in [0.3, 0.4) is 0 Å². The quantitative estimate of drug-likeness (QED) is 0.466. The van der Waals surface area contributed by atoms with E-state index in [1.54, 1.807) is 36.4 Å². The summed E-state index contributed by atoms with van der Waals surface area (Å²) in [6.07, 6.45) is -6.10. The molecule has 10 heteroatoms. The standard InChI is InChI=1S/C24H17ClF3NO5/c25-17-8-7-16(24(26,27)28)13-18(17)29-22(30)21(14-4-2-1-3-5-14)34-23(31)15-6-9-19-20(12-15)33-11-10-32-19/h1-9,12-13,21H,10-11H2,(H,29,30)/t21-/m1/s1. The zero-order valence-electron chi connectivity index (χ0n) is 17.4. The second-order valence-electron chi connectivity index (χ2n) is 7.24. The van der Waals surface area contributed by atoms with Crippen LogP contribution in [0.5, 0.6) is 11.5 Å². The van der Waals surface area contributed by atoms with Crippen molar-refractivity contribution in [2.45, 2.75) is 12.3 Å². The lowest BCUT2D eigenvalue weighted by atomic mass is 10.1. The number of esters is 1. The summed E-state index contributed by atoms with van der Waals surface area (Å²) in [6.45, 7) is 0.698. The molecule has 1 amide bonds. The molecule has 0 aromatic heterocycles. The lowest BCUT2D eigenvalue weighted by molar-refractivity contribution is -0.137. The Kier molecular flexibility index (Phi) is 6.65. The third-order valence-electron chi connectivity index (χ3n) is 4.89. The summed E-state index contributed by atoms with van der Waals surface area (Å²) < 4.78 is 55.6. The van der Waals surface area contributed by atoms with Gasteiger partial charge in [-0.05, 0) is 36.4 Å². The second kappa shape index (κ2) is 9.64. The molecule has 1 atom stereocenters. The third-order valence-corrected chi connectivity index (χ3v) is 5.22. The van der Waals surface area contributed by atoms with E-state index >= 15 is 0 Å². The van der Waals surface area contributed by atoms with Crippen LogP contribution in [0.1, 0.15) is 27.6 Å². The van der Waals surface area contributed by atoms with E-state index in [4.69, 9.17) is 25.8 Å². The number of fused-ring (bicyclic) bond motifs is 1. The molecule has 0 spiro atoms. The zero-order chi connectivity index (χ0) is 24.3. The number of anilines is 1. The Bertz CT molecular complexity index is 1220. The fraction of sp³-hybridized carbons (Fsp3) is 0.167. The number of ether oxygens (including phenoxy) is 3. The molecule has 1 heterocycles. The van der Waals surface area contributed by atoms with Gasteiger partial charge in [-0.2, -0.15) is 13.2 Å². The SMILES string of the molecule is O=C(O[C@@H](C(=O)Nc1cc(C(F)(F)F)ccc1Cl)c1ccccc1)c1ccc2c(c1)OCCO2. The van der Waals surface area contributed by atoms with Crippen LogP contribution < -0.4 is 14.8 Å². The Morgan fingerprint density at radius 2 is 1.65 bits per heavy atom. The minimum absolute atomic E-state index is 0.105. The molecule has 1 N–H and O–H groups in total. The molecular formula is C24H17ClF3NO5. The van der Waals surface area contributed by atoms with E-state index in [0.29, 0.717) is 36.3 Å². The molecule has 0 aliphatic carbocycles. The molecule has 3 aromatic carbocycles. The molecular weight excluding hydrogens is 475 g/mol. The van der Waals surface area contributed by atoms with Gasteiger partial charge in [0.1, 0.15) is 13.2 Å². The normalized spacial score (nSPS) is 13.6. The van der Waals surface area contributed by atoms with Crippen LogP contribution in [-0.4, -0.2) is 25.1 Å². The molecule has 0 unspecified atom stereocenters. The Labute approximate surface area is 197 Å². The van der Waals surface area contributed by atoms with Crippen molar-refractivity contribution in [2.75, 3.05) is 18.5 Å². The van der Waals surface area contributed by atoms with Crippen molar-refractivity contribution in [3.8, 4) is 11.5 Å². The van der Waals surface area contributed by atoms with Crippen molar-refractivity contribution in [3.05, 3.63) is 88.4 Å². The van der Waals surface area contributed by atoms with Crippen molar-refractivity contribution in [1.29, 1.82) is 0 Å². The fourth-order valence-electron chi connectivity index (χ4n) is 3.24. The molecule has 0 saturated carbocycles. The molecule has 3 aromatic rings. The summed E-state index contributed by atoms with van der Waals surface area (Å²) >= 11 is 5.99. The number of carbonyl (C=O) groups is 2. The Morgan fingerprint density at radius 1 is 0.941 bits per heavy atom. The lowest BCUT2D eigenvalue weighted by Gasteiger charge is -2.21. The molecule has 0 radical (unpaired) electrons. The molecule has 0 bridgehead atoms. The number of hydrogen-bond acceptors (Lipinski definition) is 5. The van der Waals surface area contributed by atoms with Crippen LogP contribution in [-0.2, 0) is 15.7 Å². The van der Waals surface area contributed by atoms with E-state index in [1.807, 2.05) is 0 Å². The predicted molar refractivity (Wildman–Crippen MR) is 117 cm³/mol. The van der Waals surface area contributed by atoms with Crippen LogP contribution in [0.15, 0.2) is 66.7 Å². The maximum atomic E-state index is 13.1. The van der Waals surface area contributed by atoms with E-state index in [9.17, 15) is 22.8 Å². The van der Waals surface area contributed by atoms with Gasteiger partial charge in [-0.25, -0.2) is 4.79 Å². The van der Waals surface area contributed by atoms with E-state index in [2.05, 4.69) is 5.32 Å². The smallest absolute Gasteiger partial charge is 0.416 e. The predicted octanol–water partition coefficient (Wildman–Crippen LogP) is 5.67. The monoisotopic (exact) mass is 491 g/mol. The van der Waals surface area contributed by atoms with Crippen LogP contribution in [0.4, 0.5) is 18.9 Å². The van der Waals surface area contributed by atoms with Gasteiger partial charge in [0, 0.05) is 5.56 Å². The number of benzene rings is 3. The Hall–Kier alpha value is -3.72. The highest BCUT2D eigenvalue weighted by molar-refractivity contribution is 6.33. The van der Waals surface area contributed by atoms with Gasteiger partial charge in [-0.1, -0.05) is 41.9 Å². The van der Waals surface area contributed by atoms with Crippen molar-refractivity contribution < 1.29 is 37.0 Å². The Balaban J connectivity index is 1.60. The summed E-state index contributed by atoms with van der Waals surface area (Å²) in [7, 11) is 0. The number of rotatable bonds is 5. The molecule has 4 rings (SSSR count). The highest BCUT2D eigenvalue weighted by Crippen LogP contribution is 2.35. The summed E-state index contributed by atoms with van der Waals surface area (Å²) in [4.78, 5) is 25.9. The van der Waals surface area contributed by atoms with Crippen molar-refractivity contribution in [3.63, 3.8) is 0 Å². The Morgan fingerprint density at radius 3 is 2.35 bits per heavy atom. The van der Waals surface area contributed by atoms with Gasteiger partial charge in [0.05, 0.1) is 21.8 Å². The minimum atomic E-state index is -4.63. The van der Waals surface area contributed by atoms with Crippen LogP contribution >= 0.6 is 11.6 Å². The summed E-state index contributed by atoms with van der Waals surface area (Å²) in [5, 5.41) is 2.23. The first-order valence-electron chi connectivity index (χ1n) is 10.1. The van der Waals surface area contributed by atoms with Crippen molar-refractivity contribution >= 4 is 29.2 Å².